The number of nitrogens with two attached hydrogens (primary N) is 1. The molecule has 0 amide bonds. The molecule has 2 aromatic rings. The van der Waals surface area contributed by atoms with E-state index >= 15 is 0 Å². The van der Waals surface area contributed by atoms with E-state index in [1.165, 1.54) is 11.1 Å². The van der Waals surface area contributed by atoms with Gasteiger partial charge in [-0.25, -0.2) is 0 Å². The van der Waals surface area contributed by atoms with Gasteiger partial charge in [0.05, 0.1) is 10.7 Å². The predicted octanol–water partition coefficient (Wildman–Crippen LogP) is 4.43. The van der Waals surface area contributed by atoms with Crippen molar-refractivity contribution in [3.63, 3.8) is 0 Å². The Labute approximate surface area is 119 Å². The number of nitrogen functional groups attached to an aromatic ring is 1. The number of anilines is 1. The summed E-state index contributed by atoms with van der Waals surface area (Å²) >= 11 is 5.90. The van der Waals surface area contributed by atoms with Gasteiger partial charge in [-0.15, -0.1) is 0 Å². The maximum atomic E-state index is 5.93. The van der Waals surface area contributed by atoms with Crippen LogP contribution in [0.3, 0.4) is 0 Å². The Bertz CT molecular complexity index is 608. The second kappa shape index (κ2) is 5.54. The first-order chi connectivity index (χ1) is 8.99. The molecule has 2 N–H and O–H groups in total. The van der Waals surface area contributed by atoms with Crippen molar-refractivity contribution in [1.29, 1.82) is 0 Å². The summed E-state index contributed by atoms with van der Waals surface area (Å²) in [4.78, 5) is 0. The third-order valence-corrected chi connectivity index (χ3v) is 3.66. The normalized spacial score (nSPS) is 10.5. The lowest BCUT2D eigenvalue weighted by Crippen LogP contribution is -2.01. The second-order valence-corrected chi connectivity index (χ2v) is 5.21. The Balaban J connectivity index is 2.19. The molecule has 0 bridgehead atoms. The van der Waals surface area contributed by atoms with Crippen LogP contribution in [0.4, 0.5) is 5.69 Å². The van der Waals surface area contributed by atoms with Gasteiger partial charge in [0.15, 0.2) is 0 Å². The molecule has 0 fully saturated rings. The van der Waals surface area contributed by atoms with Crippen molar-refractivity contribution in [2.75, 3.05) is 5.73 Å². The van der Waals surface area contributed by atoms with Gasteiger partial charge in [-0.3, -0.25) is 0 Å². The van der Waals surface area contributed by atoms with Crippen molar-refractivity contribution in [3.05, 3.63) is 57.6 Å². The minimum Gasteiger partial charge on any atom is -0.488 e. The van der Waals surface area contributed by atoms with Crippen LogP contribution in [0.2, 0.25) is 5.02 Å². The average molecular weight is 276 g/mol. The number of halogens is 1. The van der Waals surface area contributed by atoms with E-state index in [1.54, 1.807) is 6.07 Å². The van der Waals surface area contributed by atoms with Gasteiger partial charge in [0, 0.05) is 0 Å². The molecular formula is C16H18ClNO. The number of ether oxygens (including phenoxy) is 1. The summed E-state index contributed by atoms with van der Waals surface area (Å²) in [6.45, 7) is 6.71. The second-order valence-electron chi connectivity index (χ2n) is 4.80. The first-order valence-corrected chi connectivity index (χ1v) is 6.60. The molecular weight excluding hydrogens is 258 g/mol. The fraction of sp³-hybridized carbons (Fsp3) is 0.250. The Morgan fingerprint density at radius 2 is 1.74 bits per heavy atom. The first-order valence-electron chi connectivity index (χ1n) is 6.22. The smallest absolute Gasteiger partial charge is 0.125 e. The maximum absolute atomic E-state index is 5.93. The van der Waals surface area contributed by atoms with Crippen molar-refractivity contribution in [2.45, 2.75) is 27.4 Å². The summed E-state index contributed by atoms with van der Waals surface area (Å²) in [6.07, 6.45) is 0. The topological polar surface area (TPSA) is 35.2 Å². The highest BCUT2D eigenvalue weighted by atomic mass is 35.5. The molecule has 3 heteroatoms. The van der Waals surface area contributed by atoms with Crippen molar-refractivity contribution in [2.24, 2.45) is 0 Å². The van der Waals surface area contributed by atoms with Gasteiger partial charge in [0.2, 0.25) is 0 Å². The molecule has 0 aromatic heterocycles. The number of aryl methyl sites for hydroxylation is 2. The van der Waals surface area contributed by atoms with Crippen LogP contribution in [0.15, 0.2) is 30.3 Å². The molecule has 0 aliphatic carbocycles. The van der Waals surface area contributed by atoms with Crippen LogP contribution >= 0.6 is 11.6 Å². The maximum Gasteiger partial charge on any atom is 0.125 e. The third kappa shape index (κ3) is 3.02. The lowest BCUT2D eigenvalue weighted by molar-refractivity contribution is 0.302. The SMILES string of the molecule is Cc1ccc(C)c(OCc2ccc(Cl)c(N)c2)c1C. The van der Waals surface area contributed by atoms with Gasteiger partial charge < -0.3 is 10.5 Å². The molecule has 0 unspecified atom stereocenters. The predicted molar refractivity (Wildman–Crippen MR) is 80.8 cm³/mol. The van der Waals surface area contributed by atoms with Crippen molar-refractivity contribution in [3.8, 4) is 5.75 Å². The van der Waals surface area contributed by atoms with E-state index in [1.807, 2.05) is 12.1 Å². The van der Waals surface area contributed by atoms with Crippen molar-refractivity contribution >= 4 is 17.3 Å². The Morgan fingerprint density at radius 1 is 1.05 bits per heavy atom. The van der Waals surface area contributed by atoms with E-state index in [9.17, 15) is 0 Å². The van der Waals surface area contributed by atoms with Crippen LogP contribution in [-0.2, 0) is 6.61 Å². The first kappa shape index (κ1) is 13.8. The van der Waals surface area contributed by atoms with Gasteiger partial charge >= 0.3 is 0 Å². The molecule has 0 atom stereocenters. The van der Waals surface area contributed by atoms with Crippen LogP contribution in [0.1, 0.15) is 22.3 Å². The molecule has 0 aliphatic rings. The Kier molecular flexibility index (Phi) is 4.01. The van der Waals surface area contributed by atoms with Gasteiger partial charge in [-0.05, 0) is 55.2 Å². The minimum absolute atomic E-state index is 0.493. The van der Waals surface area contributed by atoms with Crippen LogP contribution in [0.5, 0.6) is 5.75 Å². The van der Waals surface area contributed by atoms with Gasteiger partial charge in [0.25, 0.3) is 0 Å². The molecule has 100 valence electrons. The highest BCUT2D eigenvalue weighted by Crippen LogP contribution is 2.27. The minimum atomic E-state index is 0.493. The summed E-state index contributed by atoms with van der Waals surface area (Å²) in [5.41, 5.74) is 10.9. The molecule has 19 heavy (non-hydrogen) atoms. The molecule has 0 radical (unpaired) electrons. The summed E-state index contributed by atoms with van der Waals surface area (Å²) in [6, 6.07) is 9.76. The largest absolute Gasteiger partial charge is 0.488 e. The summed E-state index contributed by atoms with van der Waals surface area (Å²) in [7, 11) is 0. The van der Waals surface area contributed by atoms with Crippen LogP contribution < -0.4 is 10.5 Å². The standard InChI is InChI=1S/C16H18ClNO/c1-10-4-5-11(2)16(12(10)3)19-9-13-6-7-14(17)15(18)8-13/h4-8H,9,18H2,1-3H3. The van der Waals surface area contributed by atoms with Crippen LogP contribution in [-0.4, -0.2) is 0 Å². The molecule has 2 aromatic carbocycles. The zero-order valence-corrected chi connectivity index (χ0v) is 12.2. The van der Waals surface area contributed by atoms with Crippen LogP contribution in [0, 0.1) is 20.8 Å². The summed E-state index contributed by atoms with van der Waals surface area (Å²) in [5.74, 6) is 0.952. The number of hydrogen-bond acceptors (Lipinski definition) is 2. The van der Waals surface area contributed by atoms with E-state index in [-0.39, 0.29) is 0 Å². The Hall–Kier alpha value is -1.67. The quantitative estimate of drug-likeness (QED) is 0.841. The fourth-order valence-electron chi connectivity index (χ4n) is 1.99. The summed E-state index contributed by atoms with van der Waals surface area (Å²) in [5, 5.41) is 0.576. The lowest BCUT2D eigenvalue weighted by atomic mass is 10.1. The van der Waals surface area contributed by atoms with Crippen molar-refractivity contribution < 1.29 is 4.74 Å². The van der Waals surface area contributed by atoms with E-state index in [2.05, 4.69) is 32.9 Å². The van der Waals surface area contributed by atoms with Gasteiger partial charge in [-0.1, -0.05) is 29.8 Å². The van der Waals surface area contributed by atoms with E-state index in [0.717, 1.165) is 16.9 Å². The average Bonchev–Trinajstić information content (AvgIpc) is 2.38. The highest BCUT2D eigenvalue weighted by Gasteiger charge is 2.07. The van der Waals surface area contributed by atoms with E-state index < -0.39 is 0 Å². The lowest BCUT2D eigenvalue weighted by Gasteiger charge is -2.14. The van der Waals surface area contributed by atoms with Crippen molar-refractivity contribution in [1.82, 2.24) is 0 Å². The third-order valence-electron chi connectivity index (χ3n) is 3.32. The fourth-order valence-corrected chi connectivity index (χ4v) is 2.10. The number of hydrogen-bond donors (Lipinski definition) is 1. The van der Waals surface area contributed by atoms with E-state index in [4.69, 9.17) is 22.1 Å². The highest BCUT2D eigenvalue weighted by molar-refractivity contribution is 6.33. The van der Waals surface area contributed by atoms with E-state index in [0.29, 0.717) is 17.3 Å². The van der Waals surface area contributed by atoms with Gasteiger partial charge in [0.1, 0.15) is 12.4 Å². The number of rotatable bonds is 3. The molecule has 2 nitrogen and oxygen atoms in total. The molecule has 0 saturated heterocycles. The monoisotopic (exact) mass is 275 g/mol. The Morgan fingerprint density at radius 3 is 2.42 bits per heavy atom. The number of benzene rings is 2. The zero-order valence-electron chi connectivity index (χ0n) is 11.5. The zero-order chi connectivity index (χ0) is 14.0. The molecule has 0 saturated carbocycles. The summed E-state index contributed by atoms with van der Waals surface area (Å²) < 4.78 is 5.93. The molecule has 0 heterocycles. The molecule has 2 rings (SSSR count). The van der Waals surface area contributed by atoms with Crippen LogP contribution in [0.25, 0.3) is 0 Å². The van der Waals surface area contributed by atoms with Gasteiger partial charge in [-0.2, -0.15) is 0 Å². The molecule has 0 spiro atoms. The molecule has 0 aliphatic heterocycles.